The molecule has 0 aliphatic carbocycles. The van der Waals surface area contributed by atoms with Gasteiger partial charge >= 0.3 is 5.97 Å². The third-order valence-electron chi connectivity index (χ3n) is 4.35. The largest absolute Gasteiger partial charge is 0.506 e. The standard InChI is InChI=1S/C22H19NO6S/c1-3-27-22(25)19-20(24)18(10-13-7-8-16-17(9-13)29-12-28-16)30-21(19)23-14-5-4-6-15(11-14)26-2/h4-11,24H,3,12H2,1-2H3. The average Bonchev–Trinajstić information content (AvgIpc) is 3.32. The van der Waals surface area contributed by atoms with Gasteiger partial charge in [-0.3, -0.25) is 0 Å². The number of thioether (sulfide) groups is 1. The number of hydrogen-bond acceptors (Lipinski definition) is 8. The third kappa shape index (κ3) is 3.99. The van der Waals surface area contributed by atoms with Gasteiger partial charge in [-0.2, -0.15) is 0 Å². The molecule has 0 saturated carbocycles. The number of rotatable bonds is 5. The average molecular weight is 425 g/mol. The first-order valence-electron chi connectivity index (χ1n) is 9.22. The van der Waals surface area contributed by atoms with Gasteiger partial charge < -0.3 is 24.1 Å². The van der Waals surface area contributed by atoms with Crippen LogP contribution >= 0.6 is 11.8 Å². The maximum Gasteiger partial charge on any atom is 0.344 e. The van der Waals surface area contributed by atoms with Crippen molar-refractivity contribution in [3.63, 3.8) is 0 Å². The van der Waals surface area contributed by atoms with Gasteiger partial charge in [0.1, 0.15) is 22.1 Å². The Balaban J connectivity index is 1.72. The van der Waals surface area contributed by atoms with Gasteiger partial charge in [0.2, 0.25) is 6.79 Å². The third-order valence-corrected chi connectivity index (χ3v) is 5.37. The number of fused-ring (bicyclic) bond motifs is 1. The van der Waals surface area contributed by atoms with Crippen molar-refractivity contribution >= 4 is 34.5 Å². The molecule has 2 heterocycles. The van der Waals surface area contributed by atoms with E-state index < -0.39 is 5.97 Å². The van der Waals surface area contributed by atoms with Crippen LogP contribution in [0, 0.1) is 0 Å². The number of aliphatic hydroxyl groups is 1. The lowest BCUT2D eigenvalue weighted by Gasteiger charge is -2.04. The lowest BCUT2D eigenvalue weighted by Crippen LogP contribution is -2.12. The summed E-state index contributed by atoms with van der Waals surface area (Å²) in [5, 5.41) is 11.1. The van der Waals surface area contributed by atoms with Gasteiger partial charge in [-0.15, -0.1) is 0 Å². The van der Waals surface area contributed by atoms with Crippen LogP contribution in [-0.4, -0.2) is 36.6 Å². The maximum absolute atomic E-state index is 12.5. The normalized spacial score (nSPS) is 17.7. The molecule has 2 aromatic rings. The number of nitrogens with zero attached hydrogens (tertiary/aromatic N) is 1. The number of ether oxygens (including phenoxy) is 4. The summed E-state index contributed by atoms with van der Waals surface area (Å²) in [6.07, 6.45) is 1.76. The van der Waals surface area contributed by atoms with Gasteiger partial charge in [0.15, 0.2) is 11.5 Å². The molecule has 0 bridgehead atoms. The van der Waals surface area contributed by atoms with Crippen molar-refractivity contribution in [2.45, 2.75) is 6.92 Å². The molecule has 0 spiro atoms. The van der Waals surface area contributed by atoms with E-state index in [4.69, 9.17) is 18.9 Å². The van der Waals surface area contributed by atoms with Gasteiger partial charge in [-0.1, -0.05) is 23.9 Å². The van der Waals surface area contributed by atoms with E-state index in [2.05, 4.69) is 4.99 Å². The molecule has 2 aliphatic heterocycles. The van der Waals surface area contributed by atoms with Crippen LogP contribution in [0.4, 0.5) is 5.69 Å². The molecule has 0 saturated heterocycles. The van der Waals surface area contributed by atoms with Crippen molar-refractivity contribution in [1.29, 1.82) is 0 Å². The number of carbonyl (C=O) groups is 1. The van der Waals surface area contributed by atoms with Gasteiger partial charge in [0.05, 0.1) is 24.3 Å². The Labute approximate surface area is 177 Å². The van der Waals surface area contributed by atoms with Crippen LogP contribution in [-0.2, 0) is 9.53 Å². The molecular formula is C22H19NO6S. The van der Waals surface area contributed by atoms with Crippen LogP contribution in [0.5, 0.6) is 17.2 Å². The summed E-state index contributed by atoms with van der Waals surface area (Å²) in [5.74, 6) is 1.15. The lowest BCUT2D eigenvalue weighted by molar-refractivity contribution is -0.138. The Bertz CT molecular complexity index is 1090. The molecule has 0 amide bonds. The topological polar surface area (TPSA) is 86.6 Å². The molecule has 0 radical (unpaired) electrons. The molecule has 0 aromatic heterocycles. The number of aliphatic imine (C=N–C) groups is 1. The van der Waals surface area contributed by atoms with Crippen LogP contribution < -0.4 is 14.2 Å². The molecule has 154 valence electrons. The van der Waals surface area contributed by atoms with Gasteiger partial charge in [0.25, 0.3) is 0 Å². The Morgan fingerprint density at radius 2 is 2.07 bits per heavy atom. The minimum Gasteiger partial charge on any atom is -0.506 e. The summed E-state index contributed by atoms with van der Waals surface area (Å²) in [7, 11) is 1.57. The van der Waals surface area contributed by atoms with Crippen molar-refractivity contribution in [3.8, 4) is 17.2 Å². The number of esters is 1. The molecule has 2 aliphatic rings. The molecule has 7 nitrogen and oxygen atoms in total. The van der Waals surface area contributed by atoms with Crippen LogP contribution in [0.2, 0.25) is 0 Å². The van der Waals surface area contributed by atoms with E-state index >= 15 is 0 Å². The van der Waals surface area contributed by atoms with E-state index in [0.717, 1.165) is 5.56 Å². The Kier molecular flexibility index (Phi) is 5.67. The van der Waals surface area contributed by atoms with Crippen molar-refractivity contribution < 1.29 is 28.8 Å². The van der Waals surface area contributed by atoms with Crippen LogP contribution in [0.25, 0.3) is 6.08 Å². The van der Waals surface area contributed by atoms with Gasteiger partial charge in [-0.05, 0) is 42.8 Å². The molecule has 30 heavy (non-hydrogen) atoms. The van der Waals surface area contributed by atoms with E-state index in [0.29, 0.717) is 32.9 Å². The van der Waals surface area contributed by atoms with Crippen LogP contribution in [0.1, 0.15) is 12.5 Å². The number of carbonyl (C=O) groups excluding carboxylic acids is 1. The quantitative estimate of drug-likeness (QED) is 0.700. The first kappa shape index (κ1) is 19.9. The fourth-order valence-electron chi connectivity index (χ4n) is 2.94. The molecule has 1 N–H and O–H groups in total. The van der Waals surface area contributed by atoms with E-state index in [-0.39, 0.29) is 24.7 Å². The second kappa shape index (κ2) is 8.54. The highest BCUT2D eigenvalue weighted by Crippen LogP contribution is 2.41. The summed E-state index contributed by atoms with van der Waals surface area (Å²) in [5.41, 5.74) is 1.42. The van der Waals surface area contributed by atoms with Crippen molar-refractivity contribution in [3.05, 3.63) is 64.3 Å². The zero-order valence-electron chi connectivity index (χ0n) is 16.4. The van der Waals surface area contributed by atoms with Gasteiger partial charge in [0, 0.05) is 6.07 Å². The summed E-state index contributed by atoms with van der Waals surface area (Å²) in [6.45, 7) is 2.08. The van der Waals surface area contributed by atoms with Crippen LogP contribution in [0.3, 0.4) is 0 Å². The molecule has 0 atom stereocenters. The Morgan fingerprint density at radius 1 is 1.23 bits per heavy atom. The molecule has 4 rings (SSSR count). The SMILES string of the molecule is CCOC(=O)C1=C(O)C(=Cc2ccc3c(c2)OCO3)SC1=Nc1cccc(OC)c1. The summed E-state index contributed by atoms with van der Waals surface area (Å²) in [4.78, 5) is 17.5. The van der Waals surface area contributed by atoms with E-state index in [1.165, 1.54) is 11.8 Å². The second-order valence-electron chi connectivity index (χ2n) is 6.29. The zero-order chi connectivity index (χ0) is 21.1. The Hall–Kier alpha value is -3.39. The summed E-state index contributed by atoms with van der Waals surface area (Å²) in [6, 6.07) is 12.6. The molecule has 8 heteroatoms. The highest BCUT2D eigenvalue weighted by atomic mass is 32.2. The van der Waals surface area contributed by atoms with Crippen molar-refractivity contribution in [1.82, 2.24) is 0 Å². The second-order valence-corrected chi connectivity index (χ2v) is 7.32. The fourth-order valence-corrected chi connectivity index (χ4v) is 3.98. The first-order valence-corrected chi connectivity index (χ1v) is 10.0. The highest BCUT2D eigenvalue weighted by Gasteiger charge is 2.33. The Morgan fingerprint density at radius 3 is 2.87 bits per heavy atom. The predicted molar refractivity (Wildman–Crippen MR) is 115 cm³/mol. The number of methoxy groups -OCH3 is 1. The van der Waals surface area contributed by atoms with Gasteiger partial charge in [-0.25, -0.2) is 9.79 Å². The van der Waals surface area contributed by atoms with Crippen molar-refractivity contribution in [2.24, 2.45) is 4.99 Å². The summed E-state index contributed by atoms with van der Waals surface area (Å²) < 4.78 is 21.1. The highest BCUT2D eigenvalue weighted by molar-refractivity contribution is 8.18. The monoisotopic (exact) mass is 425 g/mol. The van der Waals surface area contributed by atoms with Crippen molar-refractivity contribution in [2.75, 3.05) is 20.5 Å². The van der Waals surface area contributed by atoms with E-state index in [1.54, 1.807) is 50.4 Å². The smallest absolute Gasteiger partial charge is 0.344 e. The number of aliphatic hydroxyl groups excluding tert-OH is 1. The molecular weight excluding hydrogens is 406 g/mol. The first-order chi connectivity index (χ1) is 14.6. The number of benzene rings is 2. The number of hydrogen-bond donors (Lipinski definition) is 1. The zero-order valence-corrected chi connectivity index (χ0v) is 17.2. The maximum atomic E-state index is 12.5. The minimum absolute atomic E-state index is 0.0386. The minimum atomic E-state index is -0.627. The lowest BCUT2D eigenvalue weighted by atomic mass is 10.1. The fraction of sp³-hybridized carbons (Fsp3) is 0.182. The molecule has 2 aromatic carbocycles. The van der Waals surface area contributed by atoms with Crippen LogP contribution in [0.15, 0.2) is 63.7 Å². The molecule has 0 fully saturated rings. The molecule has 0 unspecified atom stereocenters. The predicted octanol–water partition coefficient (Wildman–Crippen LogP) is 4.62. The van der Waals surface area contributed by atoms with E-state index in [1.807, 2.05) is 12.1 Å². The summed E-state index contributed by atoms with van der Waals surface area (Å²) >= 11 is 1.19. The van der Waals surface area contributed by atoms with E-state index in [9.17, 15) is 9.90 Å².